The first-order valence-corrected chi connectivity index (χ1v) is 6.27. The smallest absolute Gasteiger partial charge is 0.122 e. The van der Waals surface area contributed by atoms with E-state index in [1.807, 2.05) is 6.07 Å². The molecule has 1 aromatic rings. The molecule has 0 saturated heterocycles. The van der Waals surface area contributed by atoms with Crippen LogP contribution in [0.3, 0.4) is 0 Å². The van der Waals surface area contributed by atoms with Crippen molar-refractivity contribution in [1.29, 1.82) is 0 Å². The van der Waals surface area contributed by atoms with Crippen LogP contribution in [0.5, 0.6) is 5.75 Å². The normalized spacial score (nSPS) is 12.5. The Morgan fingerprint density at radius 1 is 1.41 bits per heavy atom. The third kappa shape index (κ3) is 4.36. The molecule has 0 fully saturated rings. The van der Waals surface area contributed by atoms with Crippen LogP contribution in [0.4, 0.5) is 0 Å². The van der Waals surface area contributed by atoms with Crippen molar-refractivity contribution >= 4 is 0 Å². The molecule has 96 valence electrons. The summed E-state index contributed by atoms with van der Waals surface area (Å²) in [5.41, 5.74) is 8.14. The summed E-state index contributed by atoms with van der Waals surface area (Å²) in [5.74, 6) is 1.51. The highest BCUT2D eigenvalue weighted by molar-refractivity contribution is 5.37. The molecule has 17 heavy (non-hydrogen) atoms. The molecule has 3 nitrogen and oxygen atoms in total. The summed E-state index contributed by atoms with van der Waals surface area (Å²) in [7, 11) is 1.72. The molecule has 0 radical (unpaired) electrons. The van der Waals surface area contributed by atoms with Crippen LogP contribution in [0.1, 0.15) is 25.0 Å². The molecule has 0 aromatic heterocycles. The molecule has 1 unspecified atom stereocenters. The molecular weight excluding hydrogens is 212 g/mol. The van der Waals surface area contributed by atoms with Crippen molar-refractivity contribution < 1.29 is 4.74 Å². The summed E-state index contributed by atoms with van der Waals surface area (Å²) in [4.78, 5) is 0. The van der Waals surface area contributed by atoms with Crippen LogP contribution in [-0.2, 0) is 13.0 Å². The highest BCUT2D eigenvalue weighted by Crippen LogP contribution is 2.20. The first-order valence-electron chi connectivity index (χ1n) is 6.27. The van der Waals surface area contributed by atoms with E-state index in [1.165, 1.54) is 11.1 Å². The Labute approximate surface area is 104 Å². The summed E-state index contributed by atoms with van der Waals surface area (Å²) in [5, 5.41) is 3.42. The summed E-state index contributed by atoms with van der Waals surface area (Å²) >= 11 is 0. The van der Waals surface area contributed by atoms with Crippen LogP contribution in [-0.4, -0.2) is 20.2 Å². The van der Waals surface area contributed by atoms with Crippen molar-refractivity contribution in [3.8, 4) is 5.75 Å². The molecule has 0 aliphatic heterocycles. The number of benzene rings is 1. The van der Waals surface area contributed by atoms with Crippen molar-refractivity contribution in [3.05, 3.63) is 29.3 Å². The number of nitrogens with two attached hydrogens (primary N) is 1. The predicted molar refractivity (Wildman–Crippen MR) is 72.3 cm³/mol. The molecule has 0 heterocycles. The zero-order valence-corrected chi connectivity index (χ0v) is 11.1. The lowest BCUT2D eigenvalue weighted by molar-refractivity contribution is 0.410. The zero-order chi connectivity index (χ0) is 12.7. The van der Waals surface area contributed by atoms with Gasteiger partial charge in [-0.1, -0.05) is 26.0 Å². The fraction of sp³-hybridized carbons (Fsp3) is 0.571. The van der Waals surface area contributed by atoms with Gasteiger partial charge in [-0.25, -0.2) is 0 Å². The van der Waals surface area contributed by atoms with Crippen LogP contribution in [0, 0.1) is 5.92 Å². The quantitative estimate of drug-likeness (QED) is 0.760. The van der Waals surface area contributed by atoms with Crippen LogP contribution < -0.4 is 15.8 Å². The summed E-state index contributed by atoms with van der Waals surface area (Å²) in [6.07, 6.45) is 0.996. The second-order valence-corrected chi connectivity index (χ2v) is 4.47. The van der Waals surface area contributed by atoms with E-state index in [9.17, 15) is 0 Å². The number of methoxy groups -OCH3 is 1. The molecular formula is C14H24N2O. The van der Waals surface area contributed by atoms with Crippen LogP contribution >= 0.6 is 0 Å². The van der Waals surface area contributed by atoms with Crippen LogP contribution in [0.25, 0.3) is 0 Å². The van der Waals surface area contributed by atoms with Crippen LogP contribution in [0.2, 0.25) is 0 Å². The van der Waals surface area contributed by atoms with E-state index in [2.05, 4.69) is 31.3 Å². The average molecular weight is 236 g/mol. The van der Waals surface area contributed by atoms with Gasteiger partial charge in [0.1, 0.15) is 5.75 Å². The molecule has 0 spiro atoms. The Hall–Kier alpha value is -1.06. The molecule has 1 aromatic carbocycles. The topological polar surface area (TPSA) is 47.3 Å². The maximum atomic E-state index is 5.58. The largest absolute Gasteiger partial charge is 0.496 e. The minimum absolute atomic E-state index is 0.527. The maximum Gasteiger partial charge on any atom is 0.122 e. The minimum Gasteiger partial charge on any atom is -0.496 e. The highest BCUT2D eigenvalue weighted by atomic mass is 16.5. The SMILES string of the molecule is CCc1cc(CNCC(C)CN)ccc1OC. The Morgan fingerprint density at radius 2 is 2.18 bits per heavy atom. The van der Waals surface area contributed by atoms with Crippen molar-refractivity contribution in [1.82, 2.24) is 5.32 Å². The van der Waals surface area contributed by atoms with E-state index >= 15 is 0 Å². The van der Waals surface area contributed by atoms with Gasteiger partial charge < -0.3 is 15.8 Å². The molecule has 0 bridgehead atoms. The van der Waals surface area contributed by atoms with Crippen molar-refractivity contribution in [2.45, 2.75) is 26.8 Å². The fourth-order valence-electron chi connectivity index (χ4n) is 1.76. The lowest BCUT2D eigenvalue weighted by atomic mass is 10.1. The van der Waals surface area contributed by atoms with E-state index in [0.29, 0.717) is 5.92 Å². The highest BCUT2D eigenvalue weighted by Gasteiger charge is 2.03. The van der Waals surface area contributed by atoms with E-state index in [-0.39, 0.29) is 0 Å². The van der Waals surface area contributed by atoms with E-state index in [1.54, 1.807) is 7.11 Å². The molecule has 0 amide bonds. The van der Waals surface area contributed by atoms with Crippen LogP contribution in [0.15, 0.2) is 18.2 Å². The number of nitrogens with one attached hydrogen (secondary N) is 1. The van der Waals surface area contributed by atoms with Gasteiger partial charge >= 0.3 is 0 Å². The maximum absolute atomic E-state index is 5.58. The molecule has 3 heteroatoms. The number of hydrogen-bond acceptors (Lipinski definition) is 3. The second-order valence-electron chi connectivity index (χ2n) is 4.47. The van der Waals surface area contributed by atoms with Gasteiger partial charge in [-0.05, 0) is 42.6 Å². The van der Waals surface area contributed by atoms with Gasteiger partial charge in [0, 0.05) is 6.54 Å². The third-order valence-corrected chi connectivity index (χ3v) is 2.95. The van der Waals surface area contributed by atoms with Gasteiger partial charge in [0.05, 0.1) is 7.11 Å². The van der Waals surface area contributed by atoms with Gasteiger partial charge in [-0.3, -0.25) is 0 Å². The summed E-state index contributed by atoms with van der Waals surface area (Å²) < 4.78 is 5.31. The molecule has 1 atom stereocenters. The lowest BCUT2D eigenvalue weighted by Crippen LogP contribution is -2.25. The second kappa shape index (κ2) is 7.30. The average Bonchev–Trinajstić information content (AvgIpc) is 2.38. The lowest BCUT2D eigenvalue weighted by Gasteiger charge is -2.12. The van der Waals surface area contributed by atoms with Gasteiger partial charge in [0.2, 0.25) is 0 Å². The minimum atomic E-state index is 0.527. The predicted octanol–water partition coefficient (Wildman–Crippen LogP) is 1.94. The Morgan fingerprint density at radius 3 is 2.76 bits per heavy atom. The van der Waals surface area contributed by atoms with Crippen molar-refractivity contribution in [3.63, 3.8) is 0 Å². The Balaban J connectivity index is 2.54. The molecule has 3 N–H and O–H groups in total. The molecule has 1 rings (SSSR count). The summed E-state index contributed by atoms with van der Waals surface area (Å²) in [6.45, 7) is 6.88. The molecule has 0 aliphatic carbocycles. The van der Waals surface area contributed by atoms with Gasteiger partial charge in [0.25, 0.3) is 0 Å². The number of ether oxygens (including phenoxy) is 1. The zero-order valence-electron chi connectivity index (χ0n) is 11.1. The first-order chi connectivity index (χ1) is 8.21. The summed E-state index contributed by atoms with van der Waals surface area (Å²) in [6, 6.07) is 6.36. The Bertz CT molecular complexity index is 339. The van der Waals surface area contributed by atoms with Crippen molar-refractivity contribution in [2.24, 2.45) is 11.7 Å². The van der Waals surface area contributed by atoms with Gasteiger partial charge in [-0.15, -0.1) is 0 Å². The van der Waals surface area contributed by atoms with E-state index < -0.39 is 0 Å². The monoisotopic (exact) mass is 236 g/mol. The fourth-order valence-corrected chi connectivity index (χ4v) is 1.76. The van der Waals surface area contributed by atoms with E-state index in [4.69, 9.17) is 10.5 Å². The number of aryl methyl sites for hydroxylation is 1. The van der Waals surface area contributed by atoms with E-state index in [0.717, 1.165) is 31.8 Å². The molecule has 0 aliphatic rings. The van der Waals surface area contributed by atoms with Gasteiger partial charge in [0.15, 0.2) is 0 Å². The number of hydrogen-bond donors (Lipinski definition) is 2. The van der Waals surface area contributed by atoms with Gasteiger partial charge in [-0.2, -0.15) is 0 Å². The molecule has 0 saturated carbocycles. The Kier molecular flexibility index (Phi) is 6.01. The standard InChI is InChI=1S/C14H24N2O/c1-4-13-7-12(5-6-14(13)17-3)10-16-9-11(2)8-15/h5-7,11,16H,4,8-10,15H2,1-3H3. The third-order valence-electron chi connectivity index (χ3n) is 2.95. The number of rotatable bonds is 7. The first kappa shape index (κ1) is 14.0. The van der Waals surface area contributed by atoms with Crippen molar-refractivity contribution in [2.75, 3.05) is 20.2 Å².